The molecule has 0 aliphatic carbocycles. The van der Waals surface area contributed by atoms with E-state index in [1.54, 1.807) is 49.4 Å². The molecule has 0 spiro atoms. The minimum atomic E-state index is -0.603. The smallest absolute Gasteiger partial charge is 0.408 e. The summed E-state index contributed by atoms with van der Waals surface area (Å²) in [5.74, 6) is -0.623. The average molecular weight is 267 g/mol. The van der Waals surface area contributed by atoms with E-state index in [2.05, 4.69) is 0 Å². The van der Waals surface area contributed by atoms with Gasteiger partial charge >= 0.3 is 5.76 Å². The molecule has 0 bridgehead atoms. The number of rotatable bonds is 3. The molecule has 1 atom stereocenters. The first-order chi connectivity index (χ1) is 9.68. The summed E-state index contributed by atoms with van der Waals surface area (Å²) in [7, 11) is 0. The molecule has 2 aromatic carbocycles. The van der Waals surface area contributed by atoms with E-state index in [0.717, 1.165) is 0 Å². The topological polar surface area (TPSA) is 52.2 Å². The van der Waals surface area contributed by atoms with Crippen molar-refractivity contribution in [2.45, 2.75) is 13.0 Å². The number of ketones is 1. The zero-order valence-electron chi connectivity index (χ0n) is 10.9. The SMILES string of the molecule is CC(C(=O)c1ccccc1)n1c(=O)oc2ccccc21. The quantitative estimate of drug-likeness (QED) is 0.685. The van der Waals surface area contributed by atoms with Crippen molar-refractivity contribution in [2.75, 3.05) is 0 Å². The van der Waals surface area contributed by atoms with E-state index in [9.17, 15) is 9.59 Å². The van der Waals surface area contributed by atoms with Gasteiger partial charge in [0.2, 0.25) is 0 Å². The normalized spacial score (nSPS) is 12.4. The molecule has 100 valence electrons. The van der Waals surface area contributed by atoms with Crippen LogP contribution in [0.1, 0.15) is 23.3 Å². The fraction of sp³-hybridized carbons (Fsp3) is 0.125. The predicted octanol–water partition coefficient (Wildman–Crippen LogP) is 3.04. The molecule has 1 unspecified atom stereocenters. The number of carbonyl (C=O) groups excluding carboxylic acids is 1. The van der Waals surface area contributed by atoms with Crippen molar-refractivity contribution in [2.24, 2.45) is 0 Å². The van der Waals surface area contributed by atoms with E-state index in [1.807, 2.05) is 12.1 Å². The number of nitrogens with zero attached hydrogens (tertiary/aromatic N) is 1. The monoisotopic (exact) mass is 267 g/mol. The van der Waals surface area contributed by atoms with Gasteiger partial charge in [-0.25, -0.2) is 4.79 Å². The fourth-order valence-electron chi connectivity index (χ4n) is 2.31. The Bertz CT molecular complexity index is 814. The standard InChI is InChI=1S/C16H13NO3/c1-11(15(18)12-7-3-2-4-8-12)17-13-9-5-6-10-14(13)20-16(17)19/h2-11H,1H3. The van der Waals surface area contributed by atoms with Gasteiger partial charge in [0.1, 0.15) is 6.04 Å². The molecule has 4 nitrogen and oxygen atoms in total. The highest BCUT2D eigenvalue weighted by atomic mass is 16.4. The minimum absolute atomic E-state index is 0.112. The Morgan fingerprint density at radius 1 is 1.05 bits per heavy atom. The Morgan fingerprint density at radius 2 is 1.70 bits per heavy atom. The van der Waals surface area contributed by atoms with Gasteiger partial charge < -0.3 is 4.42 Å². The third-order valence-corrected chi connectivity index (χ3v) is 3.34. The van der Waals surface area contributed by atoms with Crippen LogP contribution in [0.5, 0.6) is 0 Å². The Kier molecular flexibility index (Phi) is 2.99. The van der Waals surface area contributed by atoms with Gasteiger partial charge in [0.25, 0.3) is 0 Å². The minimum Gasteiger partial charge on any atom is -0.408 e. The molecule has 0 aliphatic rings. The lowest BCUT2D eigenvalue weighted by molar-refractivity contribution is 0.0933. The molecule has 0 N–H and O–H groups in total. The second-order valence-corrected chi connectivity index (χ2v) is 4.61. The van der Waals surface area contributed by atoms with E-state index >= 15 is 0 Å². The second kappa shape index (κ2) is 4.81. The van der Waals surface area contributed by atoms with Gasteiger partial charge in [-0.3, -0.25) is 9.36 Å². The van der Waals surface area contributed by atoms with E-state index in [-0.39, 0.29) is 5.78 Å². The molecule has 3 rings (SSSR count). The highest BCUT2D eigenvalue weighted by Gasteiger charge is 2.21. The van der Waals surface area contributed by atoms with Crippen LogP contribution in [0.4, 0.5) is 0 Å². The van der Waals surface area contributed by atoms with Crippen LogP contribution in [0.2, 0.25) is 0 Å². The van der Waals surface area contributed by atoms with Crippen molar-refractivity contribution in [1.29, 1.82) is 0 Å². The lowest BCUT2D eigenvalue weighted by atomic mass is 10.1. The summed E-state index contributed by atoms with van der Waals surface area (Å²) in [5.41, 5.74) is 1.71. The number of hydrogen-bond donors (Lipinski definition) is 0. The number of hydrogen-bond acceptors (Lipinski definition) is 3. The zero-order chi connectivity index (χ0) is 14.1. The van der Waals surface area contributed by atoms with E-state index in [1.165, 1.54) is 4.57 Å². The average Bonchev–Trinajstić information content (AvgIpc) is 2.82. The first-order valence-electron chi connectivity index (χ1n) is 6.38. The van der Waals surface area contributed by atoms with Crippen LogP contribution >= 0.6 is 0 Å². The lowest BCUT2D eigenvalue weighted by Gasteiger charge is -2.11. The Labute approximate surface area is 115 Å². The van der Waals surface area contributed by atoms with Crippen molar-refractivity contribution < 1.29 is 9.21 Å². The van der Waals surface area contributed by atoms with Crippen LogP contribution in [0, 0.1) is 0 Å². The van der Waals surface area contributed by atoms with E-state index < -0.39 is 11.8 Å². The number of carbonyl (C=O) groups is 1. The molecule has 0 saturated carbocycles. The maximum atomic E-state index is 12.4. The molecule has 3 aromatic rings. The van der Waals surface area contributed by atoms with Crippen LogP contribution < -0.4 is 5.76 Å². The molecule has 0 aliphatic heterocycles. The van der Waals surface area contributed by atoms with Crippen molar-refractivity contribution >= 4 is 16.9 Å². The number of para-hydroxylation sites is 2. The number of oxazole rings is 1. The maximum absolute atomic E-state index is 12.4. The highest BCUT2D eigenvalue weighted by molar-refractivity contribution is 5.99. The molecular weight excluding hydrogens is 254 g/mol. The molecule has 20 heavy (non-hydrogen) atoms. The number of fused-ring (bicyclic) bond motifs is 1. The highest BCUT2D eigenvalue weighted by Crippen LogP contribution is 2.19. The summed E-state index contributed by atoms with van der Waals surface area (Å²) in [6.07, 6.45) is 0. The Morgan fingerprint density at radius 3 is 2.45 bits per heavy atom. The Hall–Kier alpha value is -2.62. The van der Waals surface area contributed by atoms with Gasteiger partial charge in [0, 0.05) is 5.56 Å². The number of Topliss-reactive ketones (excluding diaryl/α,β-unsaturated/α-hetero) is 1. The summed E-state index contributed by atoms with van der Waals surface area (Å²) in [4.78, 5) is 24.4. The van der Waals surface area contributed by atoms with Crippen molar-refractivity contribution in [3.05, 3.63) is 70.7 Å². The third-order valence-electron chi connectivity index (χ3n) is 3.34. The van der Waals surface area contributed by atoms with Crippen LogP contribution in [0.25, 0.3) is 11.1 Å². The molecule has 0 amide bonds. The van der Waals surface area contributed by atoms with E-state index in [0.29, 0.717) is 16.7 Å². The van der Waals surface area contributed by atoms with Gasteiger partial charge in [0.15, 0.2) is 11.4 Å². The van der Waals surface area contributed by atoms with Crippen LogP contribution in [-0.4, -0.2) is 10.4 Å². The summed E-state index contributed by atoms with van der Waals surface area (Å²) in [5, 5.41) is 0. The van der Waals surface area contributed by atoms with Crippen molar-refractivity contribution in [1.82, 2.24) is 4.57 Å². The zero-order valence-corrected chi connectivity index (χ0v) is 10.9. The fourth-order valence-corrected chi connectivity index (χ4v) is 2.31. The van der Waals surface area contributed by atoms with Gasteiger partial charge in [0.05, 0.1) is 5.52 Å². The first kappa shape index (κ1) is 12.4. The molecular formula is C16H13NO3. The Balaban J connectivity index is 2.09. The number of benzene rings is 2. The lowest BCUT2D eigenvalue weighted by Crippen LogP contribution is -2.24. The number of aromatic nitrogens is 1. The molecule has 1 aromatic heterocycles. The summed E-state index contributed by atoms with van der Waals surface area (Å²) >= 11 is 0. The third kappa shape index (κ3) is 1.95. The van der Waals surface area contributed by atoms with Crippen molar-refractivity contribution in [3.8, 4) is 0 Å². The van der Waals surface area contributed by atoms with Crippen molar-refractivity contribution in [3.63, 3.8) is 0 Å². The van der Waals surface area contributed by atoms with Crippen LogP contribution in [0.15, 0.2) is 63.8 Å². The molecule has 0 fully saturated rings. The second-order valence-electron chi connectivity index (χ2n) is 4.61. The predicted molar refractivity (Wildman–Crippen MR) is 76.0 cm³/mol. The summed E-state index contributed by atoms with van der Waals surface area (Å²) in [6.45, 7) is 1.71. The molecule has 4 heteroatoms. The first-order valence-corrected chi connectivity index (χ1v) is 6.38. The van der Waals surface area contributed by atoms with Crippen LogP contribution in [0.3, 0.4) is 0 Å². The summed E-state index contributed by atoms with van der Waals surface area (Å²) < 4.78 is 6.55. The molecule has 1 heterocycles. The summed E-state index contributed by atoms with van der Waals surface area (Å²) in [6, 6.07) is 15.4. The van der Waals surface area contributed by atoms with Gasteiger partial charge in [-0.1, -0.05) is 42.5 Å². The van der Waals surface area contributed by atoms with E-state index in [4.69, 9.17) is 4.42 Å². The molecule has 0 saturated heterocycles. The maximum Gasteiger partial charge on any atom is 0.420 e. The molecule has 0 radical (unpaired) electrons. The van der Waals surface area contributed by atoms with Gasteiger partial charge in [-0.05, 0) is 19.1 Å². The largest absolute Gasteiger partial charge is 0.420 e. The van der Waals surface area contributed by atoms with Gasteiger partial charge in [-0.15, -0.1) is 0 Å². The van der Waals surface area contributed by atoms with Crippen LogP contribution in [-0.2, 0) is 0 Å². The van der Waals surface area contributed by atoms with Gasteiger partial charge in [-0.2, -0.15) is 0 Å².